The van der Waals surface area contributed by atoms with Gasteiger partial charge in [0.05, 0.1) is 12.3 Å². The number of aliphatic imine (C=N–C) groups is 1. The number of benzene rings is 1. The molecule has 0 bridgehead atoms. The van der Waals surface area contributed by atoms with E-state index in [1.165, 1.54) is 0 Å². The monoisotopic (exact) mass is 279 g/mol. The number of halogens is 1. The molecule has 1 aromatic rings. The molecule has 0 atom stereocenters. The van der Waals surface area contributed by atoms with Gasteiger partial charge in [-0.2, -0.15) is 0 Å². The molecule has 1 heterocycles. The lowest BCUT2D eigenvalue weighted by Crippen LogP contribution is -1.94. The van der Waals surface area contributed by atoms with Crippen molar-refractivity contribution in [1.82, 2.24) is 0 Å². The van der Waals surface area contributed by atoms with Crippen molar-refractivity contribution in [3.63, 3.8) is 0 Å². The number of hydrogen-bond donors (Lipinski definition) is 1. The van der Waals surface area contributed by atoms with Crippen LogP contribution in [0.3, 0.4) is 0 Å². The topological polar surface area (TPSA) is 32.6 Å². The van der Waals surface area contributed by atoms with Crippen LogP contribution in [-0.4, -0.2) is 17.9 Å². The predicted molar refractivity (Wildman–Crippen MR) is 70.5 cm³/mol. The van der Waals surface area contributed by atoms with Crippen molar-refractivity contribution < 1.29 is 5.11 Å². The number of aliphatic hydroxyl groups excluding tert-OH is 1. The summed E-state index contributed by atoms with van der Waals surface area (Å²) in [6.07, 6.45) is 4.94. The number of nitrogens with zero attached hydrogens (tertiary/aromatic N) is 1. The van der Waals surface area contributed by atoms with Crippen molar-refractivity contribution in [3.8, 4) is 0 Å². The van der Waals surface area contributed by atoms with Gasteiger partial charge < -0.3 is 5.11 Å². The lowest BCUT2D eigenvalue weighted by atomic mass is 10.0. The molecular weight excluding hydrogens is 266 g/mol. The number of aliphatic hydroxyl groups is 1. The molecule has 1 N–H and O–H groups in total. The Morgan fingerprint density at radius 3 is 2.69 bits per heavy atom. The van der Waals surface area contributed by atoms with E-state index in [1.54, 1.807) is 0 Å². The van der Waals surface area contributed by atoms with Crippen LogP contribution in [0.5, 0.6) is 0 Å². The molecule has 0 radical (unpaired) electrons. The second-order valence-electron chi connectivity index (χ2n) is 3.82. The van der Waals surface area contributed by atoms with E-state index in [4.69, 9.17) is 0 Å². The summed E-state index contributed by atoms with van der Waals surface area (Å²) >= 11 is 3.41. The van der Waals surface area contributed by atoms with Crippen LogP contribution >= 0.6 is 15.9 Å². The first-order valence-corrected chi connectivity index (χ1v) is 6.22. The molecule has 1 aliphatic rings. The third kappa shape index (κ3) is 2.60. The zero-order valence-electron chi connectivity index (χ0n) is 8.99. The Morgan fingerprint density at radius 1 is 1.25 bits per heavy atom. The predicted octanol–water partition coefficient (Wildman–Crippen LogP) is 3.41. The Bertz CT molecular complexity index is 420. The third-order valence-corrected chi connectivity index (χ3v) is 3.20. The lowest BCUT2D eigenvalue weighted by Gasteiger charge is -2.08. The normalized spacial score (nSPS) is 16.4. The standard InChI is InChI=1S/C13H14BrNO/c14-12-6-4-10(5-7-12)13-11(9-16)3-1-2-8-15-13/h4-8,16H,1-3,9H2. The second-order valence-corrected chi connectivity index (χ2v) is 4.74. The SMILES string of the molecule is OCC1=C(c2ccc(Br)cc2)N=CCCC1. The first-order chi connectivity index (χ1) is 7.81. The van der Waals surface area contributed by atoms with E-state index < -0.39 is 0 Å². The molecule has 16 heavy (non-hydrogen) atoms. The maximum atomic E-state index is 9.36. The van der Waals surface area contributed by atoms with Crippen molar-refractivity contribution in [2.45, 2.75) is 19.3 Å². The molecule has 1 aromatic carbocycles. The van der Waals surface area contributed by atoms with Crippen LogP contribution in [0.4, 0.5) is 0 Å². The Balaban J connectivity index is 2.41. The highest BCUT2D eigenvalue weighted by molar-refractivity contribution is 9.10. The van der Waals surface area contributed by atoms with Gasteiger partial charge >= 0.3 is 0 Å². The summed E-state index contributed by atoms with van der Waals surface area (Å²) in [6, 6.07) is 8.05. The van der Waals surface area contributed by atoms with Crippen LogP contribution in [0.2, 0.25) is 0 Å². The van der Waals surface area contributed by atoms with E-state index in [2.05, 4.69) is 20.9 Å². The van der Waals surface area contributed by atoms with Gasteiger partial charge in [-0.1, -0.05) is 28.1 Å². The zero-order valence-corrected chi connectivity index (χ0v) is 10.6. The molecule has 0 unspecified atom stereocenters. The highest BCUT2D eigenvalue weighted by Crippen LogP contribution is 2.26. The van der Waals surface area contributed by atoms with E-state index >= 15 is 0 Å². The molecule has 0 aromatic heterocycles. The molecule has 1 aliphatic heterocycles. The molecule has 2 nitrogen and oxygen atoms in total. The van der Waals surface area contributed by atoms with Gasteiger partial charge in [0, 0.05) is 16.3 Å². The largest absolute Gasteiger partial charge is 0.392 e. The van der Waals surface area contributed by atoms with Crippen LogP contribution in [-0.2, 0) is 0 Å². The van der Waals surface area contributed by atoms with Gasteiger partial charge in [0.25, 0.3) is 0 Å². The van der Waals surface area contributed by atoms with Crippen molar-refractivity contribution >= 4 is 27.8 Å². The second kappa shape index (κ2) is 5.41. The molecule has 0 amide bonds. The number of hydrogen-bond acceptors (Lipinski definition) is 2. The summed E-state index contributed by atoms with van der Waals surface area (Å²) < 4.78 is 1.06. The molecule has 0 fully saturated rings. The fourth-order valence-corrected chi connectivity index (χ4v) is 2.08. The van der Waals surface area contributed by atoms with Gasteiger partial charge in [-0.05, 0) is 37.0 Å². The Labute approximate surface area is 104 Å². The van der Waals surface area contributed by atoms with Gasteiger partial charge in [0.2, 0.25) is 0 Å². The summed E-state index contributed by atoms with van der Waals surface area (Å²) in [5.74, 6) is 0. The summed E-state index contributed by atoms with van der Waals surface area (Å²) in [5.41, 5.74) is 3.05. The fraction of sp³-hybridized carbons (Fsp3) is 0.308. The fourth-order valence-electron chi connectivity index (χ4n) is 1.81. The molecule has 0 spiro atoms. The maximum Gasteiger partial charge on any atom is 0.0712 e. The molecule has 84 valence electrons. The summed E-state index contributed by atoms with van der Waals surface area (Å²) in [5, 5.41) is 9.36. The average Bonchev–Trinajstić information content (AvgIpc) is 2.55. The minimum Gasteiger partial charge on any atom is -0.392 e. The van der Waals surface area contributed by atoms with Gasteiger partial charge in [-0.15, -0.1) is 0 Å². The van der Waals surface area contributed by atoms with Gasteiger partial charge in [0.15, 0.2) is 0 Å². The lowest BCUT2D eigenvalue weighted by molar-refractivity contribution is 0.326. The minimum atomic E-state index is 0.0999. The molecule has 0 saturated heterocycles. The molecule has 0 aliphatic carbocycles. The molecular formula is C13H14BrNO. The summed E-state index contributed by atoms with van der Waals surface area (Å²) in [4.78, 5) is 4.45. The number of rotatable bonds is 2. The Kier molecular flexibility index (Phi) is 3.91. The molecule has 3 heteroatoms. The molecule has 0 saturated carbocycles. The summed E-state index contributed by atoms with van der Waals surface area (Å²) in [6.45, 7) is 0.0999. The van der Waals surface area contributed by atoms with Crippen LogP contribution in [0.1, 0.15) is 24.8 Å². The highest BCUT2D eigenvalue weighted by Gasteiger charge is 2.09. The van der Waals surface area contributed by atoms with E-state index in [9.17, 15) is 5.11 Å². The highest BCUT2D eigenvalue weighted by atomic mass is 79.9. The van der Waals surface area contributed by atoms with Gasteiger partial charge in [0.1, 0.15) is 0 Å². The van der Waals surface area contributed by atoms with Crippen LogP contribution in [0.15, 0.2) is 39.3 Å². The van der Waals surface area contributed by atoms with Gasteiger partial charge in [-0.3, -0.25) is 4.99 Å². The zero-order chi connectivity index (χ0) is 11.4. The quantitative estimate of drug-likeness (QED) is 0.884. The van der Waals surface area contributed by atoms with Crippen molar-refractivity contribution in [2.24, 2.45) is 4.99 Å². The van der Waals surface area contributed by atoms with E-state index in [-0.39, 0.29) is 6.61 Å². The van der Waals surface area contributed by atoms with Crippen LogP contribution in [0.25, 0.3) is 5.70 Å². The van der Waals surface area contributed by atoms with E-state index in [1.807, 2.05) is 30.5 Å². The maximum absolute atomic E-state index is 9.36. The van der Waals surface area contributed by atoms with Crippen molar-refractivity contribution in [1.29, 1.82) is 0 Å². The average molecular weight is 280 g/mol. The van der Waals surface area contributed by atoms with Gasteiger partial charge in [-0.25, -0.2) is 0 Å². The smallest absolute Gasteiger partial charge is 0.0712 e. The van der Waals surface area contributed by atoms with Crippen molar-refractivity contribution in [3.05, 3.63) is 39.9 Å². The minimum absolute atomic E-state index is 0.0999. The van der Waals surface area contributed by atoms with Crippen molar-refractivity contribution in [2.75, 3.05) is 6.61 Å². The van der Waals surface area contributed by atoms with Crippen LogP contribution in [0, 0.1) is 0 Å². The summed E-state index contributed by atoms with van der Waals surface area (Å²) in [7, 11) is 0. The van der Waals surface area contributed by atoms with E-state index in [0.717, 1.165) is 40.6 Å². The first kappa shape index (κ1) is 11.6. The van der Waals surface area contributed by atoms with Crippen LogP contribution < -0.4 is 0 Å². The Hall–Kier alpha value is -0.930. The molecule has 2 rings (SSSR count). The third-order valence-electron chi connectivity index (χ3n) is 2.68. The van der Waals surface area contributed by atoms with E-state index in [0.29, 0.717) is 0 Å². The first-order valence-electron chi connectivity index (χ1n) is 5.42. The Morgan fingerprint density at radius 2 is 2.00 bits per heavy atom.